The minimum absolute atomic E-state index is 0.279. The smallest absolute Gasteiger partial charge is 0.317 e. The molecule has 6 heteroatoms. The average Bonchev–Trinajstić information content (AvgIpc) is 2.19. The van der Waals surface area contributed by atoms with Crippen LogP contribution in [-0.2, 0) is 16.1 Å². The first-order valence-electron chi connectivity index (χ1n) is 4.88. The molecule has 0 fully saturated rings. The number of hydrogen-bond donors (Lipinski definition) is 2. The van der Waals surface area contributed by atoms with Crippen molar-refractivity contribution in [1.29, 1.82) is 0 Å². The first-order chi connectivity index (χ1) is 7.97. The Hall–Kier alpha value is -1.15. The van der Waals surface area contributed by atoms with Gasteiger partial charge in [-0.15, -0.1) is 0 Å². The second-order valence-electron chi connectivity index (χ2n) is 3.56. The van der Waals surface area contributed by atoms with Gasteiger partial charge in [0, 0.05) is 10.1 Å². The van der Waals surface area contributed by atoms with Crippen molar-refractivity contribution in [2.45, 2.75) is 6.54 Å². The van der Waals surface area contributed by atoms with Gasteiger partial charge in [-0.1, -0.05) is 12.1 Å². The van der Waals surface area contributed by atoms with Crippen LogP contribution < -0.4 is 0 Å². The summed E-state index contributed by atoms with van der Waals surface area (Å²) in [6.07, 6.45) is 0. The molecule has 0 saturated carbocycles. The van der Waals surface area contributed by atoms with Gasteiger partial charge in [-0.2, -0.15) is 0 Å². The van der Waals surface area contributed by atoms with Crippen LogP contribution in [0.5, 0.6) is 0 Å². The van der Waals surface area contributed by atoms with Crippen LogP contribution in [0.4, 0.5) is 0 Å². The molecule has 1 aromatic carbocycles. The molecule has 0 aliphatic rings. The molecule has 17 heavy (non-hydrogen) atoms. The summed E-state index contributed by atoms with van der Waals surface area (Å²) in [6.45, 7) is -0.244. The van der Waals surface area contributed by atoms with E-state index in [1.54, 1.807) is 0 Å². The molecular weight excluding hydrogens is 337 g/mol. The molecule has 5 nitrogen and oxygen atoms in total. The lowest BCUT2D eigenvalue weighted by Gasteiger charge is -2.17. The zero-order valence-corrected chi connectivity index (χ0v) is 11.1. The number of halogens is 1. The van der Waals surface area contributed by atoms with Gasteiger partial charge in [0.1, 0.15) is 0 Å². The van der Waals surface area contributed by atoms with E-state index >= 15 is 0 Å². The Morgan fingerprint density at radius 3 is 1.94 bits per heavy atom. The number of carbonyl (C=O) groups is 2. The van der Waals surface area contributed by atoms with Crippen molar-refractivity contribution in [1.82, 2.24) is 4.90 Å². The van der Waals surface area contributed by atoms with E-state index in [1.807, 2.05) is 24.3 Å². The zero-order chi connectivity index (χ0) is 12.8. The normalized spacial score (nSPS) is 10.5. The first-order valence-corrected chi connectivity index (χ1v) is 5.95. The van der Waals surface area contributed by atoms with Crippen molar-refractivity contribution >= 4 is 34.5 Å². The van der Waals surface area contributed by atoms with Gasteiger partial charge in [-0.3, -0.25) is 14.5 Å². The van der Waals surface area contributed by atoms with E-state index in [0.717, 1.165) is 9.13 Å². The van der Waals surface area contributed by atoms with Crippen molar-refractivity contribution in [3.05, 3.63) is 33.4 Å². The number of rotatable bonds is 6. The van der Waals surface area contributed by atoms with Gasteiger partial charge in [0.25, 0.3) is 0 Å². The Labute approximate surface area is 112 Å². The molecule has 0 spiro atoms. The van der Waals surface area contributed by atoms with E-state index in [0.29, 0.717) is 6.54 Å². The minimum atomic E-state index is -1.03. The fourth-order valence-corrected chi connectivity index (χ4v) is 1.76. The Morgan fingerprint density at radius 1 is 1.06 bits per heavy atom. The molecule has 0 heterocycles. The molecule has 1 rings (SSSR count). The van der Waals surface area contributed by atoms with Crippen LogP contribution in [0.2, 0.25) is 0 Å². The number of aliphatic carboxylic acids is 2. The number of hydrogen-bond acceptors (Lipinski definition) is 3. The van der Waals surface area contributed by atoms with Crippen molar-refractivity contribution in [2.24, 2.45) is 0 Å². The summed E-state index contributed by atoms with van der Waals surface area (Å²) < 4.78 is 1.08. The second-order valence-corrected chi connectivity index (χ2v) is 4.80. The quantitative estimate of drug-likeness (QED) is 0.757. The highest BCUT2D eigenvalue weighted by atomic mass is 127. The number of carboxylic acids is 2. The molecule has 0 radical (unpaired) electrons. The van der Waals surface area contributed by atoms with E-state index in [1.165, 1.54) is 4.90 Å². The summed E-state index contributed by atoms with van der Waals surface area (Å²) in [6, 6.07) is 7.52. The van der Waals surface area contributed by atoms with Gasteiger partial charge < -0.3 is 10.2 Å². The van der Waals surface area contributed by atoms with Gasteiger partial charge in [0.2, 0.25) is 0 Å². The van der Waals surface area contributed by atoms with Crippen molar-refractivity contribution in [3.8, 4) is 0 Å². The van der Waals surface area contributed by atoms with Crippen molar-refractivity contribution in [2.75, 3.05) is 13.1 Å². The van der Waals surface area contributed by atoms with E-state index in [-0.39, 0.29) is 13.1 Å². The zero-order valence-electron chi connectivity index (χ0n) is 8.97. The molecule has 2 N–H and O–H groups in total. The van der Waals surface area contributed by atoms with Crippen molar-refractivity contribution in [3.63, 3.8) is 0 Å². The number of benzene rings is 1. The summed E-state index contributed by atoms with van der Waals surface area (Å²) in [5.74, 6) is -2.06. The summed E-state index contributed by atoms with van der Waals surface area (Å²) in [5.41, 5.74) is 0.896. The molecule has 0 aliphatic heterocycles. The van der Waals surface area contributed by atoms with Crippen LogP contribution in [0, 0.1) is 3.57 Å². The van der Waals surface area contributed by atoms with Gasteiger partial charge >= 0.3 is 11.9 Å². The standard InChI is InChI=1S/C11H12INO4/c12-9-3-1-8(2-4-9)5-13(6-10(14)15)7-11(16)17/h1-4H,5-7H2,(H,14,15)(H,16,17). The van der Waals surface area contributed by atoms with Crippen LogP contribution in [0.3, 0.4) is 0 Å². The van der Waals surface area contributed by atoms with Gasteiger partial charge in [-0.05, 0) is 40.3 Å². The van der Waals surface area contributed by atoms with E-state index in [4.69, 9.17) is 10.2 Å². The summed E-state index contributed by atoms with van der Waals surface area (Å²) >= 11 is 2.17. The van der Waals surface area contributed by atoms with Gasteiger partial charge in [0.05, 0.1) is 13.1 Å². The van der Waals surface area contributed by atoms with Gasteiger partial charge in [-0.25, -0.2) is 0 Å². The molecule has 0 amide bonds. The Morgan fingerprint density at radius 2 is 1.53 bits per heavy atom. The monoisotopic (exact) mass is 349 g/mol. The molecule has 0 aliphatic carbocycles. The Balaban J connectivity index is 2.67. The molecule has 92 valence electrons. The molecular formula is C11H12INO4. The maximum absolute atomic E-state index is 10.6. The van der Waals surface area contributed by atoms with Gasteiger partial charge in [0.15, 0.2) is 0 Å². The summed E-state index contributed by atoms with van der Waals surface area (Å²) in [7, 11) is 0. The van der Waals surface area contributed by atoms with E-state index in [2.05, 4.69) is 22.6 Å². The SMILES string of the molecule is O=C(O)CN(CC(=O)O)Cc1ccc(I)cc1. The highest BCUT2D eigenvalue weighted by Gasteiger charge is 2.13. The molecule has 0 atom stereocenters. The van der Waals surface area contributed by atoms with E-state index < -0.39 is 11.9 Å². The topological polar surface area (TPSA) is 77.8 Å². The lowest BCUT2D eigenvalue weighted by atomic mass is 10.2. The molecule has 0 saturated heterocycles. The highest BCUT2D eigenvalue weighted by molar-refractivity contribution is 14.1. The fraction of sp³-hybridized carbons (Fsp3) is 0.273. The predicted octanol–water partition coefficient (Wildman–Crippen LogP) is 1.26. The predicted molar refractivity (Wildman–Crippen MR) is 69.7 cm³/mol. The fourth-order valence-electron chi connectivity index (χ4n) is 1.40. The average molecular weight is 349 g/mol. The third kappa shape index (κ3) is 5.64. The maximum atomic E-state index is 10.6. The van der Waals surface area contributed by atoms with Crippen molar-refractivity contribution < 1.29 is 19.8 Å². The van der Waals surface area contributed by atoms with Crippen LogP contribution in [0.25, 0.3) is 0 Å². The Bertz CT molecular complexity index is 388. The molecule has 0 unspecified atom stereocenters. The molecule has 0 aromatic heterocycles. The lowest BCUT2D eigenvalue weighted by Crippen LogP contribution is -2.33. The lowest BCUT2D eigenvalue weighted by molar-refractivity contribution is -0.142. The first kappa shape index (κ1) is 13.9. The number of nitrogens with zero attached hydrogens (tertiary/aromatic N) is 1. The molecule has 0 bridgehead atoms. The minimum Gasteiger partial charge on any atom is -0.480 e. The third-order valence-electron chi connectivity index (χ3n) is 2.04. The summed E-state index contributed by atoms with van der Waals surface area (Å²) in [5, 5.41) is 17.4. The number of carboxylic acid groups (broad SMARTS) is 2. The summed E-state index contributed by atoms with van der Waals surface area (Å²) in [4.78, 5) is 22.6. The molecule has 1 aromatic rings. The van der Waals surface area contributed by atoms with Crippen LogP contribution in [0.1, 0.15) is 5.56 Å². The van der Waals surface area contributed by atoms with Crippen LogP contribution in [0.15, 0.2) is 24.3 Å². The second kappa shape index (κ2) is 6.55. The highest BCUT2D eigenvalue weighted by Crippen LogP contribution is 2.09. The van der Waals surface area contributed by atoms with Crippen LogP contribution >= 0.6 is 22.6 Å². The third-order valence-corrected chi connectivity index (χ3v) is 2.76. The van der Waals surface area contributed by atoms with E-state index in [9.17, 15) is 9.59 Å². The van der Waals surface area contributed by atoms with Crippen LogP contribution in [-0.4, -0.2) is 40.1 Å². The largest absolute Gasteiger partial charge is 0.480 e. The Kier molecular flexibility index (Phi) is 5.36. The maximum Gasteiger partial charge on any atom is 0.317 e.